The predicted octanol–water partition coefficient (Wildman–Crippen LogP) is 22.1. The zero-order chi connectivity index (χ0) is 61.2. The van der Waals surface area contributed by atoms with E-state index >= 15 is 0 Å². The lowest BCUT2D eigenvalue weighted by Gasteiger charge is -2.28. The summed E-state index contributed by atoms with van der Waals surface area (Å²) in [4.78, 5) is 38.1. The summed E-state index contributed by atoms with van der Waals surface area (Å²) in [5.74, 6) is -0.830. The second-order valence-electron chi connectivity index (χ2n) is 24.5. The normalized spacial score (nSPS) is 13.7. The van der Waals surface area contributed by atoms with Crippen LogP contribution in [-0.4, -0.2) is 70.0 Å². The second-order valence-corrected chi connectivity index (χ2v) is 25.9. The van der Waals surface area contributed by atoms with Gasteiger partial charge in [0.05, 0.1) is 27.7 Å². The van der Waals surface area contributed by atoms with Crippen LogP contribution in [0.25, 0.3) is 0 Å². The van der Waals surface area contributed by atoms with E-state index in [1.807, 2.05) is 21.1 Å². The van der Waals surface area contributed by atoms with Gasteiger partial charge in [0.15, 0.2) is 6.10 Å². The number of carbonyl (C=O) groups is 2. The highest BCUT2D eigenvalue weighted by Gasteiger charge is 2.22. The molecule has 2 atom stereocenters. The van der Waals surface area contributed by atoms with Crippen molar-refractivity contribution in [3.63, 3.8) is 0 Å². The van der Waals surface area contributed by atoms with E-state index in [1.165, 1.54) is 186 Å². The van der Waals surface area contributed by atoms with Gasteiger partial charge in [-0.3, -0.25) is 14.2 Å². The fraction of sp³-hybridized carbons (Fsp3) is 0.757. The number of quaternary nitrogens is 1. The molecule has 0 aliphatic rings. The number of allylic oxidation sites excluding steroid dienone is 16. The van der Waals surface area contributed by atoms with Crippen LogP contribution >= 0.6 is 7.82 Å². The molecule has 0 aromatic carbocycles. The molecular weight excluding hydrogens is 1060 g/mol. The molecular formula is C74H132NO8P. The van der Waals surface area contributed by atoms with Crippen molar-refractivity contribution < 1.29 is 42.1 Å². The minimum Gasteiger partial charge on any atom is -0.756 e. The third kappa shape index (κ3) is 68.0. The maximum absolute atomic E-state index is 12.9. The number of phosphoric acid groups is 1. The van der Waals surface area contributed by atoms with Crippen LogP contribution in [0, 0.1) is 0 Å². The molecule has 0 aromatic rings. The van der Waals surface area contributed by atoms with Crippen LogP contribution in [0.1, 0.15) is 309 Å². The van der Waals surface area contributed by atoms with Crippen LogP contribution in [0.15, 0.2) is 97.2 Å². The summed E-state index contributed by atoms with van der Waals surface area (Å²) in [7, 11) is 1.16. The van der Waals surface area contributed by atoms with E-state index in [9.17, 15) is 19.0 Å². The number of likely N-dealkylation sites (N-methyl/N-ethyl adjacent to an activating group) is 1. The van der Waals surface area contributed by atoms with Gasteiger partial charge in [0.1, 0.15) is 19.8 Å². The van der Waals surface area contributed by atoms with Crippen molar-refractivity contribution in [1.29, 1.82) is 0 Å². The average Bonchev–Trinajstić information content (AvgIpc) is 3.61. The van der Waals surface area contributed by atoms with Gasteiger partial charge in [-0.15, -0.1) is 0 Å². The number of unbranched alkanes of at least 4 members (excludes halogenated alkanes) is 34. The quantitative estimate of drug-likeness (QED) is 0.0195. The molecule has 0 saturated heterocycles. The first-order valence-electron chi connectivity index (χ1n) is 34.9. The summed E-state index contributed by atoms with van der Waals surface area (Å²) < 4.78 is 34.3. The molecule has 0 heterocycles. The molecule has 0 saturated carbocycles. The van der Waals surface area contributed by atoms with Gasteiger partial charge < -0.3 is 27.9 Å². The number of rotatable bonds is 64. The summed E-state index contributed by atoms with van der Waals surface area (Å²) in [6, 6.07) is 0. The van der Waals surface area contributed by atoms with Gasteiger partial charge in [0, 0.05) is 12.8 Å². The number of ether oxygens (including phenoxy) is 2. The topological polar surface area (TPSA) is 111 Å². The molecule has 0 aromatic heterocycles. The summed E-state index contributed by atoms with van der Waals surface area (Å²) in [5.41, 5.74) is 0. The molecule has 0 amide bonds. The third-order valence-electron chi connectivity index (χ3n) is 15.1. The number of esters is 2. The van der Waals surface area contributed by atoms with E-state index in [1.54, 1.807) is 0 Å². The lowest BCUT2D eigenvalue weighted by Crippen LogP contribution is -2.37. The Morgan fingerprint density at radius 1 is 0.381 bits per heavy atom. The van der Waals surface area contributed by atoms with Gasteiger partial charge in [0.25, 0.3) is 7.82 Å². The van der Waals surface area contributed by atoms with Crippen molar-refractivity contribution in [2.24, 2.45) is 0 Å². The molecule has 486 valence electrons. The SMILES string of the molecule is CC/C=C\C/C=C\C/C=C\C/C=C\C/C=C\CCCCCCCCCCCCCC(=O)OC(COC(=O)CCCCCCCCCCCCCCCCCCCC/C=C\C/C=C\C/C=C\CCCCCCC)COP(=O)([O-])OCC[N+](C)(C)C. The van der Waals surface area contributed by atoms with Gasteiger partial charge in [-0.1, -0.05) is 297 Å². The molecule has 84 heavy (non-hydrogen) atoms. The van der Waals surface area contributed by atoms with Gasteiger partial charge in [0.2, 0.25) is 0 Å². The lowest BCUT2D eigenvalue weighted by atomic mass is 10.0. The van der Waals surface area contributed by atoms with E-state index in [2.05, 4.69) is 111 Å². The minimum absolute atomic E-state index is 0.0340. The van der Waals surface area contributed by atoms with Crippen molar-refractivity contribution in [2.75, 3.05) is 47.5 Å². The van der Waals surface area contributed by atoms with Crippen molar-refractivity contribution in [1.82, 2.24) is 0 Å². The van der Waals surface area contributed by atoms with Gasteiger partial charge >= 0.3 is 11.9 Å². The number of carbonyl (C=O) groups excluding carboxylic acids is 2. The molecule has 9 nitrogen and oxygen atoms in total. The van der Waals surface area contributed by atoms with E-state index in [0.717, 1.165) is 89.9 Å². The smallest absolute Gasteiger partial charge is 0.306 e. The Hall–Kier alpha value is -3.07. The lowest BCUT2D eigenvalue weighted by molar-refractivity contribution is -0.870. The Morgan fingerprint density at radius 2 is 0.679 bits per heavy atom. The Kier molecular flexibility index (Phi) is 62.1. The van der Waals surface area contributed by atoms with Crippen LogP contribution in [0.5, 0.6) is 0 Å². The highest BCUT2D eigenvalue weighted by molar-refractivity contribution is 7.45. The van der Waals surface area contributed by atoms with Gasteiger partial charge in [-0.2, -0.15) is 0 Å². The van der Waals surface area contributed by atoms with E-state index in [0.29, 0.717) is 17.4 Å². The molecule has 0 rings (SSSR count). The summed E-state index contributed by atoms with van der Waals surface area (Å²) >= 11 is 0. The largest absolute Gasteiger partial charge is 0.756 e. The molecule has 2 unspecified atom stereocenters. The third-order valence-corrected chi connectivity index (χ3v) is 16.1. The first kappa shape index (κ1) is 80.9. The summed E-state index contributed by atoms with van der Waals surface area (Å²) in [5, 5.41) is 0. The Bertz CT molecular complexity index is 1740. The first-order valence-corrected chi connectivity index (χ1v) is 36.4. The number of phosphoric ester groups is 1. The predicted molar refractivity (Wildman–Crippen MR) is 360 cm³/mol. The van der Waals surface area contributed by atoms with Gasteiger partial charge in [-0.05, 0) is 96.3 Å². The minimum atomic E-state index is -4.65. The Morgan fingerprint density at radius 3 is 1.01 bits per heavy atom. The van der Waals surface area contributed by atoms with E-state index < -0.39 is 26.5 Å². The molecule has 0 spiro atoms. The highest BCUT2D eigenvalue weighted by atomic mass is 31.2. The van der Waals surface area contributed by atoms with E-state index in [4.69, 9.17) is 18.5 Å². The van der Waals surface area contributed by atoms with Crippen LogP contribution in [0.2, 0.25) is 0 Å². The number of nitrogens with zero attached hydrogens (tertiary/aromatic N) is 1. The molecule has 0 fully saturated rings. The van der Waals surface area contributed by atoms with Crippen molar-refractivity contribution in [3.05, 3.63) is 97.2 Å². The van der Waals surface area contributed by atoms with Crippen LogP contribution in [-0.2, 0) is 32.7 Å². The van der Waals surface area contributed by atoms with Crippen LogP contribution in [0.4, 0.5) is 0 Å². The van der Waals surface area contributed by atoms with Crippen molar-refractivity contribution in [3.8, 4) is 0 Å². The zero-order valence-electron chi connectivity index (χ0n) is 55.3. The average molecular weight is 1190 g/mol. The fourth-order valence-electron chi connectivity index (χ4n) is 9.75. The first-order chi connectivity index (χ1) is 41.0. The maximum Gasteiger partial charge on any atom is 0.306 e. The molecule has 0 bridgehead atoms. The fourth-order valence-corrected chi connectivity index (χ4v) is 10.5. The van der Waals surface area contributed by atoms with Crippen molar-refractivity contribution >= 4 is 19.8 Å². The molecule has 0 N–H and O–H groups in total. The van der Waals surface area contributed by atoms with Crippen molar-refractivity contribution in [2.45, 2.75) is 315 Å². The summed E-state index contributed by atoms with van der Waals surface area (Å²) in [6.45, 7) is 4.14. The number of hydrogen-bond acceptors (Lipinski definition) is 8. The Balaban J connectivity index is 4.04. The Labute approximate surface area is 519 Å². The summed E-state index contributed by atoms with van der Waals surface area (Å²) in [6.07, 6.45) is 89.1. The van der Waals surface area contributed by atoms with Crippen LogP contribution in [0.3, 0.4) is 0 Å². The van der Waals surface area contributed by atoms with Crippen LogP contribution < -0.4 is 4.89 Å². The highest BCUT2D eigenvalue weighted by Crippen LogP contribution is 2.38. The monoisotopic (exact) mass is 1190 g/mol. The molecule has 0 aliphatic carbocycles. The van der Waals surface area contributed by atoms with E-state index in [-0.39, 0.29) is 32.0 Å². The standard InChI is InChI=1S/C74H132NO8P/c1-6-8-10-12-14-16-18-20-22-24-26-28-30-32-34-35-36-37-38-39-41-42-44-46-48-50-52-54-56-58-60-62-64-66-73(76)80-70-72(71-82-84(78,79)81-69-68-75(3,4)5)83-74(77)67-65-63-61-59-57-55-53-51-49-47-45-43-40-33-31-29-27-25-23-21-19-17-15-13-11-9-7-2/h9,11,15,17-18,20-21,23-24,26-27,29-30,32-33,40,72H,6-8,10,12-14,16,19,22,25,28,31,34-39,41-71H2,1-5H3/b11-9-,17-15-,20-18-,23-21-,26-24-,29-27-,32-30-,40-33-. The number of hydrogen-bond donors (Lipinski definition) is 0. The second kappa shape index (κ2) is 64.4. The molecule has 0 radical (unpaired) electrons. The zero-order valence-corrected chi connectivity index (χ0v) is 56.2. The van der Waals surface area contributed by atoms with Gasteiger partial charge in [-0.25, -0.2) is 0 Å². The molecule has 0 aliphatic heterocycles. The molecule has 10 heteroatoms. The maximum atomic E-state index is 12.9.